The molecule has 1 atom stereocenters. The molecule has 0 saturated carbocycles. The number of amides is 1. The lowest BCUT2D eigenvalue weighted by molar-refractivity contribution is -0.118. The number of primary amides is 1. The van der Waals surface area contributed by atoms with E-state index in [1.807, 2.05) is 12.3 Å². The van der Waals surface area contributed by atoms with Crippen molar-refractivity contribution >= 4 is 22.4 Å². The molecule has 1 rings (SSSR count). The van der Waals surface area contributed by atoms with E-state index in [0.29, 0.717) is 6.42 Å². The zero-order chi connectivity index (χ0) is 8.97. The van der Waals surface area contributed by atoms with Crippen LogP contribution in [0.1, 0.15) is 13.3 Å². The Kier molecular flexibility index (Phi) is 3.04. The smallest absolute Gasteiger partial charge is 0.219 e. The van der Waals surface area contributed by atoms with Crippen molar-refractivity contribution < 1.29 is 4.79 Å². The summed E-state index contributed by atoms with van der Waals surface area (Å²) in [4.78, 5) is 14.5. The van der Waals surface area contributed by atoms with E-state index in [9.17, 15) is 4.79 Å². The molecule has 0 aliphatic rings. The molecular weight excluding hydrogens is 174 g/mol. The fourth-order valence-corrected chi connectivity index (χ4v) is 1.50. The number of carbonyl (C=O) groups is 1. The minimum atomic E-state index is -0.299. The molecule has 1 aromatic heterocycles. The Morgan fingerprint density at radius 3 is 3.17 bits per heavy atom. The average molecular weight is 185 g/mol. The van der Waals surface area contributed by atoms with E-state index in [2.05, 4.69) is 10.3 Å². The van der Waals surface area contributed by atoms with Crippen LogP contribution in [0.25, 0.3) is 0 Å². The lowest BCUT2D eigenvalue weighted by Gasteiger charge is -2.09. The second-order valence-corrected chi connectivity index (χ2v) is 3.45. The molecule has 0 bridgehead atoms. The Morgan fingerprint density at radius 2 is 2.67 bits per heavy atom. The van der Waals surface area contributed by atoms with E-state index < -0.39 is 0 Å². The first-order valence-electron chi connectivity index (χ1n) is 3.63. The number of aromatic nitrogens is 1. The molecule has 5 heteroatoms. The highest BCUT2D eigenvalue weighted by Crippen LogP contribution is 2.12. The Bertz CT molecular complexity index is 247. The molecule has 4 nitrogen and oxygen atoms in total. The molecule has 12 heavy (non-hydrogen) atoms. The van der Waals surface area contributed by atoms with Crippen LogP contribution in [0.5, 0.6) is 0 Å². The van der Waals surface area contributed by atoms with Crippen molar-refractivity contribution in [3.63, 3.8) is 0 Å². The molecule has 3 N–H and O–H groups in total. The van der Waals surface area contributed by atoms with Crippen LogP contribution in [-0.4, -0.2) is 16.9 Å². The van der Waals surface area contributed by atoms with Crippen LogP contribution < -0.4 is 11.1 Å². The molecule has 0 aliphatic heterocycles. The summed E-state index contributed by atoms with van der Waals surface area (Å²) in [6.07, 6.45) is 2.05. The van der Waals surface area contributed by atoms with Crippen molar-refractivity contribution in [3.8, 4) is 0 Å². The predicted molar refractivity (Wildman–Crippen MR) is 49.0 cm³/mol. The molecule has 0 saturated heterocycles. The highest BCUT2D eigenvalue weighted by molar-refractivity contribution is 7.13. The minimum absolute atomic E-state index is 0.0497. The van der Waals surface area contributed by atoms with Crippen LogP contribution in [-0.2, 0) is 4.79 Å². The molecule has 0 aromatic carbocycles. The number of thiazole rings is 1. The molecule has 0 spiro atoms. The minimum Gasteiger partial charge on any atom is -0.370 e. The third kappa shape index (κ3) is 2.87. The topological polar surface area (TPSA) is 68.0 Å². The largest absolute Gasteiger partial charge is 0.370 e. The van der Waals surface area contributed by atoms with Gasteiger partial charge in [0.05, 0.1) is 0 Å². The normalized spacial score (nSPS) is 12.4. The number of rotatable bonds is 4. The Morgan fingerprint density at radius 1 is 1.92 bits per heavy atom. The summed E-state index contributed by atoms with van der Waals surface area (Å²) in [5.74, 6) is -0.299. The van der Waals surface area contributed by atoms with Gasteiger partial charge in [0.1, 0.15) is 0 Å². The van der Waals surface area contributed by atoms with Crippen molar-refractivity contribution in [2.24, 2.45) is 5.73 Å². The summed E-state index contributed by atoms with van der Waals surface area (Å²) in [5, 5.41) is 5.76. The molecule has 1 aromatic rings. The maximum Gasteiger partial charge on any atom is 0.219 e. The van der Waals surface area contributed by atoms with E-state index in [0.717, 1.165) is 5.13 Å². The van der Waals surface area contributed by atoms with Gasteiger partial charge in [-0.15, -0.1) is 11.3 Å². The molecule has 1 heterocycles. The van der Waals surface area contributed by atoms with Gasteiger partial charge in [-0.05, 0) is 6.92 Å². The van der Waals surface area contributed by atoms with Crippen LogP contribution in [0.3, 0.4) is 0 Å². The van der Waals surface area contributed by atoms with Crippen molar-refractivity contribution in [1.29, 1.82) is 0 Å². The Hall–Kier alpha value is -1.10. The van der Waals surface area contributed by atoms with E-state index in [4.69, 9.17) is 5.73 Å². The van der Waals surface area contributed by atoms with E-state index in [1.54, 1.807) is 6.20 Å². The summed E-state index contributed by atoms with van der Waals surface area (Å²) < 4.78 is 0. The number of carbonyl (C=O) groups excluding carboxylic acids is 1. The zero-order valence-electron chi connectivity index (χ0n) is 6.78. The molecule has 0 radical (unpaired) electrons. The van der Waals surface area contributed by atoms with Gasteiger partial charge >= 0.3 is 0 Å². The van der Waals surface area contributed by atoms with Gasteiger partial charge in [-0.1, -0.05) is 0 Å². The summed E-state index contributed by atoms with van der Waals surface area (Å²) >= 11 is 1.50. The van der Waals surface area contributed by atoms with Crippen LogP contribution >= 0.6 is 11.3 Å². The fourth-order valence-electron chi connectivity index (χ4n) is 0.858. The first-order valence-corrected chi connectivity index (χ1v) is 4.51. The quantitative estimate of drug-likeness (QED) is 0.729. The maximum atomic E-state index is 10.5. The van der Waals surface area contributed by atoms with Crippen molar-refractivity contribution in [3.05, 3.63) is 11.6 Å². The van der Waals surface area contributed by atoms with Crippen molar-refractivity contribution in [2.45, 2.75) is 19.4 Å². The van der Waals surface area contributed by atoms with Crippen molar-refractivity contribution in [2.75, 3.05) is 5.32 Å². The number of hydrogen-bond acceptors (Lipinski definition) is 4. The molecular formula is C7H11N3OS. The van der Waals surface area contributed by atoms with Gasteiger partial charge in [0.2, 0.25) is 5.91 Å². The molecule has 1 unspecified atom stereocenters. The van der Waals surface area contributed by atoms with Gasteiger partial charge in [0, 0.05) is 24.0 Å². The first kappa shape index (κ1) is 8.99. The first-order chi connectivity index (χ1) is 5.68. The van der Waals surface area contributed by atoms with Crippen LogP contribution in [0.4, 0.5) is 5.13 Å². The lowest BCUT2D eigenvalue weighted by Crippen LogP contribution is -2.23. The third-order valence-electron chi connectivity index (χ3n) is 1.31. The predicted octanol–water partition coefficient (Wildman–Crippen LogP) is 0.819. The number of hydrogen-bond donors (Lipinski definition) is 2. The lowest BCUT2D eigenvalue weighted by atomic mass is 10.2. The highest BCUT2D eigenvalue weighted by Gasteiger charge is 2.05. The van der Waals surface area contributed by atoms with Gasteiger partial charge in [-0.25, -0.2) is 4.98 Å². The Balaban J connectivity index is 2.36. The van der Waals surface area contributed by atoms with Gasteiger partial charge in [0.25, 0.3) is 0 Å². The molecule has 66 valence electrons. The highest BCUT2D eigenvalue weighted by atomic mass is 32.1. The van der Waals surface area contributed by atoms with Crippen LogP contribution in [0.2, 0.25) is 0 Å². The number of nitrogens with one attached hydrogen (secondary N) is 1. The fraction of sp³-hybridized carbons (Fsp3) is 0.429. The van der Waals surface area contributed by atoms with Crippen LogP contribution in [0, 0.1) is 0 Å². The second-order valence-electron chi connectivity index (χ2n) is 2.55. The van der Waals surface area contributed by atoms with E-state index >= 15 is 0 Å². The summed E-state index contributed by atoms with van der Waals surface area (Å²) in [6, 6.07) is 0.0497. The summed E-state index contributed by atoms with van der Waals surface area (Å²) in [5.41, 5.74) is 5.03. The monoisotopic (exact) mass is 185 g/mol. The standard InChI is InChI=1S/C7H11N3OS/c1-5(4-6(8)11)10-7-9-2-3-12-7/h2-3,5H,4H2,1H3,(H2,8,11)(H,9,10). The molecule has 0 aliphatic carbocycles. The average Bonchev–Trinajstić information content (AvgIpc) is 2.37. The molecule has 0 fully saturated rings. The number of anilines is 1. The van der Waals surface area contributed by atoms with Gasteiger partial charge in [-0.3, -0.25) is 4.79 Å². The third-order valence-corrected chi connectivity index (χ3v) is 2.01. The van der Waals surface area contributed by atoms with Gasteiger partial charge in [0.15, 0.2) is 5.13 Å². The van der Waals surface area contributed by atoms with Gasteiger partial charge in [-0.2, -0.15) is 0 Å². The second kappa shape index (κ2) is 4.06. The maximum absolute atomic E-state index is 10.5. The molecule has 1 amide bonds. The summed E-state index contributed by atoms with van der Waals surface area (Å²) in [6.45, 7) is 1.90. The van der Waals surface area contributed by atoms with E-state index in [-0.39, 0.29) is 11.9 Å². The number of nitrogens with zero attached hydrogens (tertiary/aromatic N) is 1. The number of nitrogens with two attached hydrogens (primary N) is 1. The van der Waals surface area contributed by atoms with Crippen molar-refractivity contribution in [1.82, 2.24) is 4.98 Å². The van der Waals surface area contributed by atoms with Gasteiger partial charge < -0.3 is 11.1 Å². The van der Waals surface area contributed by atoms with Crippen LogP contribution in [0.15, 0.2) is 11.6 Å². The SMILES string of the molecule is CC(CC(N)=O)Nc1nccs1. The zero-order valence-corrected chi connectivity index (χ0v) is 7.60. The Labute approximate surface area is 74.8 Å². The summed E-state index contributed by atoms with van der Waals surface area (Å²) in [7, 11) is 0. The van der Waals surface area contributed by atoms with E-state index in [1.165, 1.54) is 11.3 Å².